The van der Waals surface area contributed by atoms with Gasteiger partial charge in [-0.3, -0.25) is 10.1 Å². The molecule has 2 N–H and O–H groups in total. The lowest BCUT2D eigenvalue weighted by atomic mass is 10.1. The van der Waals surface area contributed by atoms with Gasteiger partial charge in [0.05, 0.1) is 17.3 Å². The summed E-state index contributed by atoms with van der Waals surface area (Å²) in [5.74, 6) is 0.250. The molecule has 1 aliphatic rings. The SMILES string of the molecule is Cn1c(SCC(=O)NC(=O)NC(C)(C)C)nnc1C1CCS(=O)(=O)C1. The van der Waals surface area contributed by atoms with Crippen molar-refractivity contribution in [1.82, 2.24) is 25.4 Å². The van der Waals surface area contributed by atoms with E-state index in [0.717, 1.165) is 11.8 Å². The first-order chi connectivity index (χ1) is 11.5. The van der Waals surface area contributed by atoms with Crippen molar-refractivity contribution >= 4 is 33.5 Å². The van der Waals surface area contributed by atoms with Crippen molar-refractivity contribution in [2.24, 2.45) is 7.05 Å². The molecule has 9 nitrogen and oxygen atoms in total. The Kier molecular flexibility index (Phi) is 5.77. The van der Waals surface area contributed by atoms with Crippen LogP contribution in [0.3, 0.4) is 0 Å². The quantitative estimate of drug-likeness (QED) is 0.716. The minimum absolute atomic E-state index is 0.00645. The van der Waals surface area contributed by atoms with Crippen LogP contribution in [0.15, 0.2) is 5.16 Å². The summed E-state index contributed by atoms with van der Waals surface area (Å²) in [5.41, 5.74) is -0.433. The van der Waals surface area contributed by atoms with E-state index in [-0.39, 0.29) is 23.2 Å². The number of nitrogens with one attached hydrogen (secondary N) is 2. The first kappa shape index (κ1) is 19.7. The highest BCUT2D eigenvalue weighted by Crippen LogP contribution is 2.29. The fourth-order valence-electron chi connectivity index (χ4n) is 2.47. The van der Waals surface area contributed by atoms with Crippen LogP contribution in [0.1, 0.15) is 38.9 Å². The molecule has 0 saturated carbocycles. The van der Waals surface area contributed by atoms with Gasteiger partial charge in [0.15, 0.2) is 15.0 Å². The predicted molar refractivity (Wildman–Crippen MR) is 94.2 cm³/mol. The van der Waals surface area contributed by atoms with Gasteiger partial charge in [0.25, 0.3) is 0 Å². The van der Waals surface area contributed by atoms with Crippen LogP contribution in [0, 0.1) is 0 Å². The molecule has 1 atom stereocenters. The van der Waals surface area contributed by atoms with E-state index in [1.165, 1.54) is 0 Å². The van der Waals surface area contributed by atoms with Crippen molar-refractivity contribution in [2.45, 2.75) is 43.8 Å². The molecule has 0 spiro atoms. The number of nitrogens with zero attached hydrogens (tertiary/aromatic N) is 3. The molecule has 1 unspecified atom stereocenters. The maximum Gasteiger partial charge on any atom is 0.321 e. The maximum atomic E-state index is 11.8. The van der Waals surface area contributed by atoms with Crippen molar-refractivity contribution in [2.75, 3.05) is 17.3 Å². The number of hydrogen-bond donors (Lipinski definition) is 2. The Hall–Kier alpha value is -1.62. The molecule has 1 saturated heterocycles. The monoisotopic (exact) mass is 389 g/mol. The van der Waals surface area contributed by atoms with E-state index in [2.05, 4.69) is 20.8 Å². The van der Waals surface area contributed by atoms with Crippen LogP contribution in [-0.4, -0.2) is 57.9 Å². The Bertz CT molecular complexity index is 767. The Morgan fingerprint density at radius 3 is 2.56 bits per heavy atom. The zero-order chi connectivity index (χ0) is 18.8. The molecule has 0 radical (unpaired) electrons. The van der Waals surface area contributed by atoms with E-state index >= 15 is 0 Å². The number of aromatic nitrogens is 3. The molecule has 0 bridgehead atoms. The van der Waals surface area contributed by atoms with Crippen molar-refractivity contribution < 1.29 is 18.0 Å². The molecule has 11 heteroatoms. The van der Waals surface area contributed by atoms with E-state index in [4.69, 9.17) is 0 Å². The van der Waals surface area contributed by atoms with Gasteiger partial charge in [0, 0.05) is 18.5 Å². The van der Waals surface area contributed by atoms with Crippen molar-refractivity contribution in [3.05, 3.63) is 5.82 Å². The molecule has 2 heterocycles. The fraction of sp³-hybridized carbons (Fsp3) is 0.714. The van der Waals surface area contributed by atoms with Crippen molar-refractivity contribution in [3.63, 3.8) is 0 Å². The van der Waals surface area contributed by atoms with Gasteiger partial charge in [-0.2, -0.15) is 0 Å². The number of imide groups is 1. The zero-order valence-corrected chi connectivity index (χ0v) is 16.3. The van der Waals surface area contributed by atoms with E-state index in [1.807, 2.05) is 20.8 Å². The van der Waals surface area contributed by atoms with E-state index in [1.54, 1.807) is 11.6 Å². The Morgan fingerprint density at radius 1 is 1.32 bits per heavy atom. The van der Waals surface area contributed by atoms with Gasteiger partial charge < -0.3 is 9.88 Å². The molecule has 1 aliphatic heterocycles. The third-order valence-electron chi connectivity index (χ3n) is 3.54. The van der Waals surface area contributed by atoms with Crippen LogP contribution < -0.4 is 10.6 Å². The fourth-order valence-corrected chi connectivity index (χ4v) is 4.93. The molecule has 1 aromatic rings. The third kappa shape index (κ3) is 5.70. The molecule has 1 aromatic heterocycles. The number of carbonyl (C=O) groups is 2. The van der Waals surface area contributed by atoms with Crippen LogP contribution in [0.25, 0.3) is 0 Å². The van der Waals surface area contributed by atoms with E-state index in [0.29, 0.717) is 17.4 Å². The Morgan fingerprint density at radius 2 is 2.00 bits per heavy atom. The van der Waals surface area contributed by atoms with Crippen LogP contribution in [0.5, 0.6) is 0 Å². The summed E-state index contributed by atoms with van der Waals surface area (Å²) in [6.07, 6.45) is 0.534. The lowest BCUT2D eigenvalue weighted by Gasteiger charge is -2.20. The summed E-state index contributed by atoms with van der Waals surface area (Å²) >= 11 is 1.14. The number of urea groups is 1. The topological polar surface area (TPSA) is 123 Å². The number of sulfone groups is 1. The molecule has 0 aliphatic carbocycles. The molecule has 1 fully saturated rings. The van der Waals surface area contributed by atoms with Gasteiger partial charge in [0.1, 0.15) is 5.82 Å². The van der Waals surface area contributed by atoms with Crippen molar-refractivity contribution in [3.8, 4) is 0 Å². The highest BCUT2D eigenvalue weighted by Gasteiger charge is 2.32. The second-order valence-corrected chi connectivity index (χ2v) is 10.2. The molecule has 25 heavy (non-hydrogen) atoms. The van der Waals surface area contributed by atoms with Crippen molar-refractivity contribution in [1.29, 1.82) is 0 Å². The number of thioether (sulfide) groups is 1. The number of rotatable bonds is 4. The smallest absolute Gasteiger partial charge is 0.321 e. The van der Waals surface area contributed by atoms with Gasteiger partial charge in [0.2, 0.25) is 5.91 Å². The van der Waals surface area contributed by atoms with E-state index < -0.39 is 27.3 Å². The maximum absolute atomic E-state index is 11.8. The van der Waals surface area contributed by atoms with Gasteiger partial charge in [-0.1, -0.05) is 11.8 Å². The summed E-state index contributed by atoms with van der Waals surface area (Å²) in [6, 6.07) is -0.548. The summed E-state index contributed by atoms with van der Waals surface area (Å²) in [5, 5.41) is 13.5. The van der Waals surface area contributed by atoms with Gasteiger partial charge in [-0.05, 0) is 27.2 Å². The normalized spacial score (nSPS) is 19.6. The summed E-state index contributed by atoms with van der Waals surface area (Å²) in [4.78, 5) is 23.5. The first-order valence-electron chi connectivity index (χ1n) is 7.81. The Labute approximate surface area is 151 Å². The minimum Gasteiger partial charge on any atom is -0.333 e. The van der Waals surface area contributed by atoms with Crippen LogP contribution in [-0.2, 0) is 21.7 Å². The number of amides is 3. The molecule has 2 rings (SSSR count). The molecule has 0 aromatic carbocycles. The molecular formula is C14H23N5O4S2. The summed E-state index contributed by atoms with van der Waals surface area (Å²) < 4.78 is 24.9. The third-order valence-corrected chi connectivity index (χ3v) is 6.33. The largest absolute Gasteiger partial charge is 0.333 e. The lowest BCUT2D eigenvalue weighted by Crippen LogP contribution is -2.48. The second-order valence-electron chi connectivity index (χ2n) is 7.04. The minimum atomic E-state index is -3.00. The average Bonchev–Trinajstić information content (AvgIpc) is 2.97. The molecule has 140 valence electrons. The molecular weight excluding hydrogens is 366 g/mol. The van der Waals surface area contributed by atoms with Gasteiger partial charge in [-0.25, -0.2) is 13.2 Å². The highest BCUT2D eigenvalue weighted by molar-refractivity contribution is 7.99. The summed E-state index contributed by atoms with van der Waals surface area (Å²) in [7, 11) is -1.26. The van der Waals surface area contributed by atoms with Gasteiger partial charge >= 0.3 is 6.03 Å². The first-order valence-corrected chi connectivity index (χ1v) is 10.6. The average molecular weight is 390 g/mol. The molecule has 3 amide bonds. The highest BCUT2D eigenvalue weighted by atomic mass is 32.2. The number of hydrogen-bond acceptors (Lipinski definition) is 7. The predicted octanol–water partition coefficient (Wildman–Crippen LogP) is 0.434. The zero-order valence-electron chi connectivity index (χ0n) is 14.7. The second kappa shape index (κ2) is 7.32. The van der Waals surface area contributed by atoms with Crippen LogP contribution >= 0.6 is 11.8 Å². The van der Waals surface area contributed by atoms with Gasteiger partial charge in [-0.15, -0.1) is 10.2 Å². The Balaban J connectivity index is 1.90. The van der Waals surface area contributed by atoms with Crippen LogP contribution in [0.2, 0.25) is 0 Å². The summed E-state index contributed by atoms with van der Waals surface area (Å²) in [6.45, 7) is 5.45. The van der Waals surface area contributed by atoms with Crippen LogP contribution in [0.4, 0.5) is 4.79 Å². The number of carbonyl (C=O) groups excluding carboxylic acids is 2. The standard InChI is InChI=1S/C14H23N5O4S2/c1-14(2,3)16-12(21)15-10(20)7-24-13-18-17-11(19(13)4)9-5-6-25(22,23)8-9/h9H,5-8H2,1-4H3,(H2,15,16,20,21). The van der Waals surface area contributed by atoms with E-state index in [9.17, 15) is 18.0 Å². The lowest BCUT2D eigenvalue weighted by molar-refractivity contribution is -0.117.